The highest BCUT2D eigenvalue weighted by molar-refractivity contribution is 7.99. The first-order chi connectivity index (χ1) is 12.7. The first kappa shape index (κ1) is 18.8. The van der Waals surface area contributed by atoms with Gasteiger partial charge in [-0.25, -0.2) is 0 Å². The number of nitrogens with zero attached hydrogens (tertiary/aromatic N) is 1. The Balaban J connectivity index is 1.47. The lowest BCUT2D eigenvalue weighted by atomic mass is 10.2. The van der Waals surface area contributed by atoms with Gasteiger partial charge in [-0.1, -0.05) is 11.8 Å². The van der Waals surface area contributed by atoms with Gasteiger partial charge in [0.05, 0.1) is 20.3 Å². The molecule has 1 fully saturated rings. The molecule has 2 aromatic rings. The molecule has 0 bridgehead atoms. The summed E-state index contributed by atoms with van der Waals surface area (Å²) in [5.74, 6) is 0.817. The van der Waals surface area contributed by atoms with Crippen LogP contribution in [0.25, 0.3) is 0 Å². The van der Waals surface area contributed by atoms with Gasteiger partial charge >= 0.3 is 0 Å². The number of nitrogens with one attached hydrogen (secondary N) is 1. The zero-order chi connectivity index (χ0) is 18.2. The quantitative estimate of drug-likeness (QED) is 0.810. The van der Waals surface area contributed by atoms with Crippen molar-refractivity contribution in [2.75, 3.05) is 46.5 Å². The summed E-state index contributed by atoms with van der Waals surface area (Å²) >= 11 is 1.66. The third-order valence-corrected chi connectivity index (χ3v) is 5.24. The maximum Gasteiger partial charge on any atom is 0.251 e. The van der Waals surface area contributed by atoms with Crippen LogP contribution < -0.4 is 10.1 Å². The van der Waals surface area contributed by atoms with Crippen LogP contribution in [0.1, 0.15) is 10.4 Å². The number of benzene rings is 2. The minimum Gasteiger partial charge on any atom is -0.497 e. The van der Waals surface area contributed by atoms with Crippen molar-refractivity contribution in [2.24, 2.45) is 0 Å². The van der Waals surface area contributed by atoms with Crippen LogP contribution in [-0.4, -0.2) is 57.3 Å². The highest BCUT2D eigenvalue weighted by Crippen LogP contribution is 2.29. The molecule has 0 unspecified atom stereocenters. The fourth-order valence-corrected chi connectivity index (χ4v) is 3.53. The topological polar surface area (TPSA) is 50.8 Å². The van der Waals surface area contributed by atoms with E-state index in [1.807, 2.05) is 48.5 Å². The van der Waals surface area contributed by atoms with E-state index in [-0.39, 0.29) is 5.91 Å². The number of carbonyl (C=O) groups is 1. The Morgan fingerprint density at radius 1 is 1.08 bits per heavy atom. The van der Waals surface area contributed by atoms with Crippen molar-refractivity contribution in [1.29, 1.82) is 0 Å². The summed E-state index contributed by atoms with van der Waals surface area (Å²) in [4.78, 5) is 16.8. The molecule has 1 heterocycles. The Labute approximate surface area is 158 Å². The van der Waals surface area contributed by atoms with E-state index in [2.05, 4.69) is 10.2 Å². The summed E-state index contributed by atoms with van der Waals surface area (Å²) < 4.78 is 10.5. The molecule has 0 aromatic heterocycles. The predicted molar refractivity (Wildman–Crippen MR) is 103 cm³/mol. The van der Waals surface area contributed by atoms with Gasteiger partial charge in [-0.2, -0.15) is 0 Å². The normalized spacial score (nSPS) is 14.8. The van der Waals surface area contributed by atoms with Crippen molar-refractivity contribution in [1.82, 2.24) is 10.2 Å². The maximum absolute atomic E-state index is 12.3. The van der Waals surface area contributed by atoms with Gasteiger partial charge in [0, 0.05) is 41.5 Å². The SMILES string of the molecule is COc1ccc(Sc2ccc(C(=O)NCCN3CCOCC3)cc2)cc1. The predicted octanol–water partition coefficient (Wildman–Crippen LogP) is 2.91. The number of carbonyl (C=O) groups excluding carboxylic acids is 1. The first-order valence-corrected chi connectivity index (χ1v) is 9.56. The van der Waals surface area contributed by atoms with Gasteiger partial charge in [0.25, 0.3) is 5.91 Å². The minimum atomic E-state index is -0.0285. The molecule has 3 rings (SSSR count). The summed E-state index contributed by atoms with van der Waals surface area (Å²) in [6.07, 6.45) is 0. The number of morpholine rings is 1. The number of ether oxygens (including phenoxy) is 2. The molecule has 26 heavy (non-hydrogen) atoms. The van der Waals surface area contributed by atoms with Gasteiger partial charge in [-0.05, 0) is 48.5 Å². The van der Waals surface area contributed by atoms with E-state index in [0.717, 1.165) is 48.4 Å². The molecule has 0 saturated carbocycles. The second-order valence-corrected chi connectivity index (χ2v) is 7.16. The third-order valence-electron chi connectivity index (χ3n) is 4.23. The Kier molecular flexibility index (Phi) is 6.94. The molecular weight excluding hydrogens is 348 g/mol. The fourth-order valence-electron chi connectivity index (χ4n) is 2.71. The van der Waals surface area contributed by atoms with Gasteiger partial charge in [0.1, 0.15) is 5.75 Å². The van der Waals surface area contributed by atoms with Crippen LogP contribution in [0.3, 0.4) is 0 Å². The molecular formula is C20H24N2O3S. The Bertz CT molecular complexity index is 698. The summed E-state index contributed by atoms with van der Waals surface area (Å²) in [6, 6.07) is 15.6. The monoisotopic (exact) mass is 372 g/mol. The van der Waals surface area contributed by atoms with Crippen LogP contribution >= 0.6 is 11.8 Å². The number of rotatable bonds is 7. The number of methoxy groups -OCH3 is 1. The molecule has 5 nitrogen and oxygen atoms in total. The minimum absolute atomic E-state index is 0.0285. The van der Waals surface area contributed by atoms with Crippen molar-refractivity contribution in [2.45, 2.75) is 9.79 Å². The smallest absolute Gasteiger partial charge is 0.251 e. The number of hydrogen-bond acceptors (Lipinski definition) is 5. The average molecular weight is 372 g/mol. The molecule has 0 spiro atoms. The highest BCUT2D eigenvalue weighted by atomic mass is 32.2. The van der Waals surface area contributed by atoms with Gasteiger partial charge in [0.2, 0.25) is 0 Å². The third kappa shape index (κ3) is 5.49. The van der Waals surface area contributed by atoms with E-state index in [4.69, 9.17) is 9.47 Å². The van der Waals surface area contributed by atoms with Gasteiger partial charge in [-0.15, -0.1) is 0 Å². The number of amides is 1. The van der Waals surface area contributed by atoms with Crippen LogP contribution in [-0.2, 0) is 4.74 Å². The maximum atomic E-state index is 12.3. The molecule has 0 radical (unpaired) electrons. The van der Waals surface area contributed by atoms with Gasteiger partial charge in [-0.3, -0.25) is 9.69 Å². The number of hydrogen-bond donors (Lipinski definition) is 1. The van der Waals surface area contributed by atoms with E-state index < -0.39 is 0 Å². The van der Waals surface area contributed by atoms with Crippen LogP contribution in [0.2, 0.25) is 0 Å². The standard InChI is InChI=1S/C20H24N2O3S/c1-24-17-4-8-19(9-5-17)26-18-6-2-16(3-7-18)20(23)21-10-11-22-12-14-25-15-13-22/h2-9H,10-15H2,1H3,(H,21,23). The zero-order valence-electron chi connectivity index (χ0n) is 14.9. The van der Waals surface area contributed by atoms with Crippen LogP contribution in [0, 0.1) is 0 Å². The van der Waals surface area contributed by atoms with E-state index in [1.54, 1.807) is 18.9 Å². The van der Waals surface area contributed by atoms with Crippen LogP contribution in [0.15, 0.2) is 58.3 Å². The second kappa shape index (κ2) is 9.62. The lowest BCUT2D eigenvalue weighted by Crippen LogP contribution is -2.41. The molecule has 1 aliphatic heterocycles. The zero-order valence-corrected chi connectivity index (χ0v) is 15.8. The Morgan fingerprint density at radius 2 is 1.69 bits per heavy atom. The molecule has 2 aromatic carbocycles. The van der Waals surface area contributed by atoms with Gasteiger partial charge < -0.3 is 14.8 Å². The second-order valence-electron chi connectivity index (χ2n) is 6.01. The first-order valence-electron chi connectivity index (χ1n) is 8.75. The lowest BCUT2D eigenvalue weighted by Gasteiger charge is -2.26. The highest BCUT2D eigenvalue weighted by Gasteiger charge is 2.11. The summed E-state index contributed by atoms with van der Waals surface area (Å²) in [7, 11) is 1.66. The molecule has 1 aliphatic rings. The van der Waals surface area contributed by atoms with Crippen molar-refractivity contribution in [3.63, 3.8) is 0 Å². The van der Waals surface area contributed by atoms with Crippen molar-refractivity contribution in [3.8, 4) is 5.75 Å². The Morgan fingerprint density at radius 3 is 2.31 bits per heavy atom. The Hall–Kier alpha value is -2.02. The molecule has 0 atom stereocenters. The molecule has 1 saturated heterocycles. The van der Waals surface area contributed by atoms with Crippen LogP contribution in [0.5, 0.6) is 5.75 Å². The molecule has 1 N–H and O–H groups in total. The van der Waals surface area contributed by atoms with E-state index >= 15 is 0 Å². The van der Waals surface area contributed by atoms with Gasteiger partial charge in [0.15, 0.2) is 0 Å². The average Bonchev–Trinajstić information content (AvgIpc) is 2.70. The van der Waals surface area contributed by atoms with Crippen molar-refractivity contribution in [3.05, 3.63) is 54.1 Å². The lowest BCUT2D eigenvalue weighted by molar-refractivity contribution is 0.0383. The molecule has 0 aliphatic carbocycles. The molecule has 138 valence electrons. The molecule has 6 heteroatoms. The summed E-state index contributed by atoms with van der Waals surface area (Å²) in [5, 5.41) is 2.99. The fraction of sp³-hybridized carbons (Fsp3) is 0.350. The van der Waals surface area contributed by atoms with Crippen LogP contribution in [0.4, 0.5) is 0 Å². The van der Waals surface area contributed by atoms with Crippen molar-refractivity contribution < 1.29 is 14.3 Å². The van der Waals surface area contributed by atoms with E-state index in [0.29, 0.717) is 12.1 Å². The van der Waals surface area contributed by atoms with E-state index in [9.17, 15) is 4.79 Å². The van der Waals surface area contributed by atoms with E-state index in [1.165, 1.54) is 0 Å². The largest absolute Gasteiger partial charge is 0.497 e. The summed E-state index contributed by atoms with van der Waals surface area (Å²) in [6.45, 7) is 4.95. The summed E-state index contributed by atoms with van der Waals surface area (Å²) in [5.41, 5.74) is 0.686. The molecule has 1 amide bonds. The van der Waals surface area contributed by atoms with Crippen molar-refractivity contribution >= 4 is 17.7 Å².